The maximum absolute atomic E-state index is 12.5. The number of nitrogens with two attached hydrogens (primary N) is 1. The minimum atomic E-state index is -3.62. The normalized spacial score (nSPS) is 16.9. The number of rotatable bonds is 5. The molecule has 1 aromatic carbocycles. The number of nitrogens with one attached hydrogen (secondary N) is 1. The number of nitrogen functional groups attached to an aromatic ring is 1. The van der Waals surface area contributed by atoms with Crippen LogP contribution in [0.2, 0.25) is 0 Å². The predicted molar refractivity (Wildman–Crippen MR) is 90.3 cm³/mol. The third kappa shape index (κ3) is 4.28. The molecule has 8 heteroatoms. The second-order valence-corrected chi connectivity index (χ2v) is 8.75. The monoisotopic (exact) mass is 394 g/mol. The summed E-state index contributed by atoms with van der Waals surface area (Å²) >= 11 is 5.19. The van der Waals surface area contributed by atoms with E-state index in [9.17, 15) is 8.42 Å². The van der Waals surface area contributed by atoms with Crippen LogP contribution in [0, 0.1) is 5.92 Å². The van der Waals surface area contributed by atoms with Crippen LogP contribution in [0.4, 0.5) is 5.69 Å². The van der Waals surface area contributed by atoms with Crippen LogP contribution in [0.1, 0.15) is 12.8 Å². The zero-order valence-corrected chi connectivity index (χ0v) is 15.0. The lowest BCUT2D eigenvalue weighted by atomic mass is 10.0. The van der Waals surface area contributed by atoms with Crippen LogP contribution in [0.3, 0.4) is 0 Å². The van der Waals surface area contributed by atoms with Crippen LogP contribution in [-0.2, 0) is 10.0 Å². The SMILES string of the molecule is COc1cc(Br)c(N)cc1S(=O)(=O)NCC1CCSCC1. The Kier molecular flexibility index (Phi) is 5.81. The number of methoxy groups -OCH3 is 1. The van der Waals surface area contributed by atoms with Gasteiger partial charge in [-0.2, -0.15) is 11.8 Å². The first kappa shape index (κ1) is 16.9. The molecule has 5 nitrogen and oxygen atoms in total. The maximum Gasteiger partial charge on any atom is 0.244 e. The third-order valence-electron chi connectivity index (χ3n) is 3.48. The van der Waals surface area contributed by atoms with Crippen LogP contribution in [0.25, 0.3) is 0 Å². The number of anilines is 1. The molecule has 0 amide bonds. The average Bonchev–Trinajstić information content (AvgIpc) is 2.48. The molecule has 0 aliphatic carbocycles. The molecule has 0 aromatic heterocycles. The fourth-order valence-electron chi connectivity index (χ4n) is 2.18. The molecular weight excluding hydrogens is 376 g/mol. The van der Waals surface area contributed by atoms with Gasteiger partial charge in [-0.3, -0.25) is 0 Å². The topological polar surface area (TPSA) is 81.4 Å². The Labute approximate surface area is 138 Å². The summed E-state index contributed by atoms with van der Waals surface area (Å²) in [6, 6.07) is 2.99. The van der Waals surface area contributed by atoms with Crippen molar-refractivity contribution in [3.63, 3.8) is 0 Å². The minimum absolute atomic E-state index is 0.0795. The molecule has 3 N–H and O–H groups in total. The summed E-state index contributed by atoms with van der Waals surface area (Å²) in [6.07, 6.45) is 2.10. The largest absolute Gasteiger partial charge is 0.495 e. The number of hydrogen-bond donors (Lipinski definition) is 2. The summed E-state index contributed by atoms with van der Waals surface area (Å²) in [4.78, 5) is 0.0795. The Morgan fingerprint density at radius 3 is 2.71 bits per heavy atom. The molecular formula is C13H19BrN2O3S2. The number of halogens is 1. The Bertz CT molecular complexity index is 602. The lowest BCUT2D eigenvalue weighted by molar-refractivity contribution is 0.401. The number of benzene rings is 1. The van der Waals surface area contributed by atoms with Gasteiger partial charge < -0.3 is 10.5 Å². The van der Waals surface area contributed by atoms with Gasteiger partial charge in [0.1, 0.15) is 10.6 Å². The quantitative estimate of drug-likeness (QED) is 0.749. The van der Waals surface area contributed by atoms with Crippen molar-refractivity contribution in [3.8, 4) is 5.75 Å². The van der Waals surface area contributed by atoms with Gasteiger partial charge in [-0.25, -0.2) is 13.1 Å². The van der Waals surface area contributed by atoms with E-state index in [4.69, 9.17) is 10.5 Å². The van der Waals surface area contributed by atoms with E-state index in [2.05, 4.69) is 20.7 Å². The second kappa shape index (κ2) is 7.21. The summed E-state index contributed by atoms with van der Waals surface area (Å²) in [5, 5.41) is 0. The molecule has 0 bridgehead atoms. The van der Waals surface area contributed by atoms with Crippen molar-refractivity contribution in [2.75, 3.05) is 30.9 Å². The predicted octanol–water partition coefficient (Wildman–Crippen LogP) is 2.46. The molecule has 0 saturated carbocycles. The Balaban J connectivity index is 2.16. The summed E-state index contributed by atoms with van der Waals surface area (Å²) in [7, 11) is -2.18. The molecule has 1 fully saturated rings. The van der Waals surface area contributed by atoms with Gasteiger partial charge in [-0.15, -0.1) is 0 Å². The average molecular weight is 395 g/mol. The van der Waals surface area contributed by atoms with E-state index in [1.54, 1.807) is 6.07 Å². The summed E-state index contributed by atoms with van der Waals surface area (Å²) in [5.74, 6) is 2.88. The van der Waals surface area contributed by atoms with Crippen LogP contribution < -0.4 is 15.2 Å². The number of thioether (sulfide) groups is 1. The van der Waals surface area contributed by atoms with Crippen LogP contribution in [0.5, 0.6) is 5.75 Å². The molecule has 1 saturated heterocycles. The highest BCUT2D eigenvalue weighted by Crippen LogP contribution is 2.32. The third-order valence-corrected chi connectivity index (χ3v) is 6.66. The molecule has 118 valence electrons. The Morgan fingerprint density at radius 2 is 2.10 bits per heavy atom. The van der Waals surface area contributed by atoms with Crippen LogP contribution in [0.15, 0.2) is 21.5 Å². The standard InChI is InChI=1S/C13H19BrN2O3S2/c1-19-12-6-10(14)11(15)7-13(12)21(17,18)16-8-9-2-4-20-5-3-9/h6-7,9,16H,2-5,8,15H2,1H3. The van der Waals surface area contributed by atoms with Crippen molar-refractivity contribution in [1.82, 2.24) is 4.72 Å². The fourth-order valence-corrected chi connectivity index (χ4v) is 5.00. The van der Waals surface area contributed by atoms with Gasteiger partial charge in [-0.1, -0.05) is 0 Å². The van der Waals surface area contributed by atoms with E-state index >= 15 is 0 Å². The van der Waals surface area contributed by atoms with Gasteiger partial charge in [0.05, 0.1) is 7.11 Å². The molecule has 1 aliphatic rings. The highest BCUT2D eigenvalue weighted by atomic mass is 79.9. The summed E-state index contributed by atoms with van der Waals surface area (Å²) in [6.45, 7) is 0.460. The van der Waals surface area contributed by atoms with E-state index in [1.165, 1.54) is 13.2 Å². The Hall–Kier alpha value is -0.440. The molecule has 0 spiro atoms. The highest BCUT2D eigenvalue weighted by Gasteiger charge is 2.23. The van der Waals surface area contributed by atoms with Gasteiger partial charge in [0.15, 0.2) is 0 Å². The molecule has 1 aromatic rings. The Morgan fingerprint density at radius 1 is 1.43 bits per heavy atom. The second-order valence-electron chi connectivity index (χ2n) is 4.93. The first-order valence-corrected chi connectivity index (χ1v) is 10.1. The van der Waals surface area contributed by atoms with Crippen molar-refractivity contribution in [1.29, 1.82) is 0 Å². The lowest BCUT2D eigenvalue weighted by Crippen LogP contribution is -2.31. The molecule has 1 aliphatic heterocycles. The minimum Gasteiger partial charge on any atom is -0.495 e. The molecule has 1 heterocycles. The fraction of sp³-hybridized carbons (Fsp3) is 0.538. The van der Waals surface area contributed by atoms with Gasteiger partial charge in [0.25, 0.3) is 0 Å². The van der Waals surface area contributed by atoms with Gasteiger partial charge in [0, 0.05) is 16.7 Å². The first-order valence-electron chi connectivity index (χ1n) is 6.64. The van der Waals surface area contributed by atoms with Crippen molar-refractivity contribution in [2.45, 2.75) is 17.7 Å². The molecule has 0 radical (unpaired) electrons. The van der Waals surface area contributed by atoms with E-state index in [0.717, 1.165) is 24.3 Å². The van der Waals surface area contributed by atoms with Crippen molar-refractivity contribution < 1.29 is 13.2 Å². The van der Waals surface area contributed by atoms with Crippen molar-refractivity contribution in [2.24, 2.45) is 5.92 Å². The van der Waals surface area contributed by atoms with Gasteiger partial charge in [0.2, 0.25) is 10.0 Å². The number of hydrogen-bond acceptors (Lipinski definition) is 5. The first-order chi connectivity index (χ1) is 9.94. The lowest BCUT2D eigenvalue weighted by Gasteiger charge is -2.21. The van der Waals surface area contributed by atoms with Crippen molar-refractivity contribution in [3.05, 3.63) is 16.6 Å². The van der Waals surface area contributed by atoms with Crippen LogP contribution in [-0.4, -0.2) is 33.6 Å². The van der Waals surface area contributed by atoms with E-state index in [-0.39, 0.29) is 10.6 Å². The van der Waals surface area contributed by atoms with Gasteiger partial charge >= 0.3 is 0 Å². The number of ether oxygens (including phenoxy) is 1. The zero-order valence-electron chi connectivity index (χ0n) is 11.8. The summed E-state index contributed by atoms with van der Waals surface area (Å²) < 4.78 is 33.3. The van der Waals surface area contributed by atoms with E-state index < -0.39 is 10.0 Å². The zero-order chi connectivity index (χ0) is 15.5. The van der Waals surface area contributed by atoms with E-state index in [1.807, 2.05) is 11.8 Å². The molecule has 2 rings (SSSR count). The van der Waals surface area contributed by atoms with Gasteiger partial charge in [-0.05, 0) is 58.3 Å². The van der Waals surface area contributed by atoms with E-state index in [0.29, 0.717) is 22.6 Å². The number of sulfonamides is 1. The van der Waals surface area contributed by atoms with Crippen molar-refractivity contribution >= 4 is 43.4 Å². The van der Waals surface area contributed by atoms with Crippen LogP contribution >= 0.6 is 27.7 Å². The molecule has 0 unspecified atom stereocenters. The molecule has 21 heavy (non-hydrogen) atoms. The smallest absolute Gasteiger partial charge is 0.244 e. The summed E-state index contributed by atoms with van der Waals surface area (Å²) in [5.41, 5.74) is 6.15. The molecule has 0 atom stereocenters. The highest BCUT2D eigenvalue weighted by molar-refractivity contribution is 9.10. The maximum atomic E-state index is 12.5.